The highest BCUT2D eigenvalue weighted by Gasteiger charge is 2.06. The molecule has 0 aromatic carbocycles. The van der Waals surface area contributed by atoms with Crippen molar-refractivity contribution in [3.63, 3.8) is 0 Å². The standard InChI is InChI=1S/C10H23NOS/c1-4-9(2)7-13-8-10(11-3)5-6-12/h9-12H,4-8H2,1-3H3. The molecule has 80 valence electrons. The Labute approximate surface area is 86.5 Å². The molecule has 3 heteroatoms. The smallest absolute Gasteiger partial charge is 0.0446 e. The molecule has 2 nitrogen and oxygen atoms in total. The van der Waals surface area contributed by atoms with Crippen LogP contribution in [0.25, 0.3) is 0 Å². The van der Waals surface area contributed by atoms with Gasteiger partial charge in [0.15, 0.2) is 0 Å². The first-order valence-electron chi connectivity index (χ1n) is 5.10. The SMILES string of the molecule is CCC(C)CSCC(CCO)NC. The average Bonchev–Trinajstić information content (AvgIpc) is 2.16. The van der Waals surface area contributed by atoms with Crippen LogP contribution < -0.4 is 5.32 Å². The lowest BCUT2D eigenvalue weighted by Crippen LogP contribution is -2.29. The van der Waals surface area contributed by atoms with Crippen LogP contribution in [0.2, 0.25) is 0 Å². The maximum Gasteiger partial charge on any atom is 0.0446 e. The predicted molar refractivity (Wildman–Crippen MR) is 61.3 cm³/mol. The number of rotatable bonds is 8. The van der Waals surface area contributed by atoms with Crippen molar-refractivity contribution in [1.82, 2.24) is 5.32 Å². The monoisotopic (exact) mass is 205 g/mol. The van der Waals surface area contributed by atoms with E-state index in [4.69, 9.17) is 5.11 Å². The number of hydrogen-bond donors (Lipinski definition) is 2. The molecule has 2 unspecified atom stereocenters. The summed E-state index contributed by atoms with van der Waals surface area (Å²) in [4.78, 5) is 0. The molecule has 0 saturated carbocycles. The summed E-state index contributed by atoms with van der Waals surface area (Å²) in [5, 5.41) is 12.0. The highest BCUT2D eigenvalue weighted by molar-refractivity contribution is 7.99. The highest BCUT2D eigenvalue weighted by Crippen LogP contribution is 2.12. The molecule has 0 amide bonds. The Hall–Kier alpha value is 0.270. The van der Waals surface area contributed by atoms with Crippen LogP contribution in [-0.4, -0.2) is 36.3 Å². The van der Waals surface area contributed by atoms with Crippen LogP contribution in [0, 0.1) is 5.92 Å². The van der Waals surface area contributed by atoms with Crippen molar-refractivity contribution in [2.45, 2.75) is 32.7 Å². The summed E-state index contributed by atoms with van der Waals surface area (Å²) in [5.74, 6) is 3.17. The van der Waals surface area contributed by atoms with Crippen molar-refractivity contribution in [3.05, 3.63) is 0 Å². The molecule has 0 spiro atoms. The van der Waals surface area contributed by atoms with Gasteiger partial charge in [-0.15, -0.1) is 0 Å². The van der Waals surface area contributed by atoms with E-state index in [1.54, 1.807) is 0 Å². The Morgan fingerprint density at radius 1 is 1.38 bits per heavy atom. The van der Waals surface area contributed by atoms with Crippen LogP contribution in [0.5, 0.6) is 0 Å². The van der Waals surface area contributed by atoms with Gasteiger partial charge in [-0.1, -0.05) is 20.3 Å². The quantitative estimate of drug-likeness (QED) is 0.633. The number of thioether (sulfide) groups is 1. The second-order valence-corrected chi connectivity index (χ2v) is 4.62. The fourth-order valence-corrected chi connectivity index (χ4v) is 2.39. The first-order chi connectivity index (χ1) is 6.24. The molecule has 0 aliphatic carbocycles. The Morgan fingerprint density at radius 3 is 2.54 bits per heavy atom. The van der Waals surface area contributed by atoms with Gasteiger partial charge in [-0.3, -0.25) is 0 Å². The number of hydrogen-bond acceptors (Lipinski definition) is 3. The number of aliphatic hydroxyl groups is 1. The molecule has 0 rings (SSSR count). The Morgan fingerprint density at radius 2 is 2.08 bits per heavy atom. The van der Waals surface area contributed by atoms with Gasteiger partial charge >= 0.3 is 0 Å². The van der Waals surface area contributed by atoms with Gasteiger partial charge in [-0.2, -0.15) is 11.8 Å². The van der Waals surface area contributed by atoms with Crippen molar-refractivity contribution in [2.75, 3.05) is 25.2 Å². The van der Waals surface area contributed by atoms with Gasteiger partial charge in [0.2, 0.25) is 0 Å². The summed E-state index contributed by atoms with van der Waals surface area (Å²) in [5.41, 5.74) is 0. The maximum atomic E-state index is 8.77. The third-order valence-electron chi connectivity index (χ3n) is 2.30. The molecule has 0 aromatic rings. The van der Waals surface area contributed by atoms with E-state index in [2.05, 4.69) is 19.2 Å². The number of aliphatic hydroxyl groups excluding tert-OH is 1. The largest absolute Gasteiger partial charge is 0.396 e. The molecule has 0 bridgehead atoms. The maximum absolute atomic E-state index is 8.77. The molecule has 0 aliphatic heterocycles. The van der Waals surface area contributed by atoms with Crippen LogP contribution in [0.3, 0.4) is 0 Å². The summed E-state index contributed by atoms with van der Waals surface area (Å²) in [6, 6.07) is 0.471. The second kappa shape index (κ2) is 8.85. The van der Waals surface area contributed by atoms with Gasteiger partial charge in [0.1, 0.15) is 0 Å². The van der Waals surface area contributed by atoms with Gasteiger partial charge in [0, 0.05) is 18.4 Å². The van der Waals surface area contributed by atoms with E-state index in [-0.39, 0.29) is 6.61 Å². The van der Waals surface area contributed by atoms with Crippen molar-refractivity contribution in [1.29, 1.82) is 0 Å². The lowest BCUT2D eigenvalue weighted by molar-refractivity contribution is 0.273. The fourth-order valence-electron chi connectivity index (χ4n) is 0.996. The second-order valence-electron chi connectivity index (χ2n) is 3.55. The van der Waals surface area contributed by atoms with Crippen molar-refractivity contribution < 1.29 is 5.11 Å². The minimum atomic E-state index is 0.287. The van der Waals surface area contributed by atoms with E-state index in [0.29, 0.717) is 6.04 Å². The third-order valence-corrected chi connectivity index (χ3v) is 3.75. The summed E-state index contributed by atoms with van der Waals surface area (Å²) in [6.45, 7) is 4.80. The Kier molecular flexibility index (Phi) is 9.03. The van der Waals surface area contributed by atoms with Crippen LogP contribution in [-0.2, 0) is 0 Å². The zero-order chi connectivity index (χ0) is 10.1. The summed E-state index contributed by atoms with van der Waals surface area (Å²) >= 11 is 1.98. The Balaban J connectivity index is 3.37. The Bertz CT molecular complexity index is 111. The lowest BCUT2D eigenvalue weighted by Gasteiger charge is -2.15. The van der Waals surface area contributed by atoms with Gasteiger partial charge in [0.25, 0.3) is 0 Å². The normalized spacial score (nSPS) is 15.7. The number of nitrogens with one attached hydrogen (secondary N) is 1. The third kappa shape index (κ3) is 7.35. The molecule has 0 heterocycles. The van der Waals surface area contributed by atoms with Crippen LogP contribution >= 0.6 is 11.8 Å². The van der Waals surface area contributed by atoms with Crippen molar-refractivity contribution in [3.8, 4) is 0 Å². The van der Waals surface area contributed by atoms with E-state index >= 15 is 0 Å². The highest BCUT2D eigenvalue weighted by atomic mass is 32.2. The van der Waals surface area contributed by atoms with E-state index < -0.39 is 0 Å². The summed E-state index contributed by atoms with van der Waals surface area (Å²) in [6.07, 6.45) is 2.13. The minimum Gasteiger partial charge on any atom is -0.396 e. The van der Waals surface area contributed by atoms with Crippen LogP contribution in [0.15, 0.2) is 0 Å². The van der Waals surface area contributed by atoms with Crippen molar-refractivity contribution in [2.24, 2.45) is 5.92 Å². The molecular formula is C10H23NOS. The first kappa shape index (κ1) is 13.3. The fraction of sp³-hybridized carbons (Fsp3) is 1.00. The molecule has 0 aliphatic rings. The first-order valence-corrected chi connectivity index (χ1v) is 6.25. The van der Waals surface area contributed by atoms with Gasteiger partial charge in [0.05, 0.1) is 0 Å². The van der Waals surface area contributed by atoms with Gasteiger partial charge in [-0.05, 0) is 25.1 Å². The van der Waals surface area contributed by atoms with E-state index in [1.807, 2.05) is 18.8 Å². The molecule has 0 fully saturated rings. The van der Waals surface area contributed by atoms with Gasteiger partial charge < -0.3 is 10.4 Å². The van der Waals surface area contributed by atoms with E-state index in [1.165, 1.54) is 12.2 Å². The van der Waals surface area contributed by atoms with E-state index in [9.17, 15) is 0 Å². The average molecular weight is 205 g/mol. The molecule has 2 N–H and O–H groups in total. The zero-order valence-electron chi connectivity index (χ0n) is 9.05. The molecule has 2 atom stereocenters. The molecule has 0 aromatic heterocycles. The topological polar surface area (TPSA) is 32.3 Å². The predicted octanol–water partition coefficient (Wildman–Crippen LogP) is 1.74. The zero-order valence-corrected chi connectivity index (χ0v) is 9.86. The minimum absolute atomic E-state index is 0.287. The molecule has 0 saturated heterocycles. The summed E-state index contributed by atoms with van der Waals surface area (Å²) in [7, 11) is 1.96. The summed E-state index contributed by atoms with van der Waals surface area (Å²) < 4.78 is 0. The molecular weight excluding hydrogens is 182 g/mol. The molecule has 0 radical (unpaired) electrons. The van der Waals surface area contributed by atoms with Crippen molar-refractivity contribution >= 4 is 11.8 Å². The van der Waals surface area contributed by atoms with E-state index in [0.717, 1.165) is 18.1 Å². The van der Waals surface area contributed by atoms with Crippen LogP contribution in [0.1, 0.15) is 26.7 Å². The lowest BCUT2D eigenvalue weighted by atomic mass is 10.2. The van der Waals surface area contributed by atoms with Crippen LogP contribution in [0.4, 0.5) is 0 Å². The molecule has 13 heavy (non-hydrogen) atoms. The van der Waals surface area contributed by atoms with Gasteiger partial charge in [-0.25, -0.2) is 0 Å².